The normalized spacial score (nSPS) is 16.8. The number of halogens is 1. The minimum Gasteiger partial charge on any atom is -0.475 e. The molecule has 1 aliphatic rings. The quantitative estimate of drug-likeness (QED) is 0.869. The molecule has 1 saturated heterocycles. The lowest BCUT2D eigenvalue weighted by Crippen LogP contribution is -2.36. The van der Waals surface area contributed by atoms with Gasteiger partial charge in [0.1, 0.15) is 5.82 Å². The largest absolute Gasteiger partial charge is 0.475 e. The highest BCUT2D eigenvalue weighted by molar-refractivity contribution is 5.93. The van der Waals surface area contributed by atoms with Crippen LogP contribution >= 0.6 is 0 Å². The molecule has 1 aromatic heterocycles. The summed E-state index contributed by atoms with van der Waals surface area (Å²) in [4.78, 5) is 25.2. The van der Waals surface area contributed by atoms with E-state index in [1.807, 2.05) is 0 Å². The summed E-state index contributed by atoms with van der Waals surface area (Å²) in [5.41, 5.74) is 0.636. The summed E-state index contributed by atoms with van der Waals surface area (Å²) in [5, 5.41) is 8.93. The van der Waals surface area contributed by atoms with Crippen molar-refractivity contribution in [2.75, 3.05) is 13.2 Å². The molecule has 0 saturated carbocycles. The molecule has 0 aliphatic carbocycles. The molecule has 0 radical (unpaired) electrons. The first-order valence-corrected chi connectivity index (χ1v) is 8.01. The van der Waals surface area contributed by atoms with Crippen LogP contribution in [-0.4, -0.2) is 41.1 Å². The van der Waals surface area contributed by atoms with Gasteiger partial charge in [-0.15, -0.1) is 0 Å². The van der Waals surface area contributed by atoms with Gasteiger partial charge >= 0.3 is 5.97 Å². The summed E-state index contributed by atoms with van der Waals surface area (Å²) in [6.07, 6.45) is 1.67. The van der Waals surface area contributed by atoms with Crippen molar-refractivity contribution in [2.24, 2.45) is 0 Å². The Morgan fingerprint density at radius 1 is 1.24 bits per heavy atom. The summed E-state index contributed by atoms with van der Waals surface area (Å²) in [6.45, 7) is 1.16. The van der Waals surface area contributed by atoms with Crippen molar-refractivity contribution in [1.82, 2.24) is 4.90 Å². The number of benzene rings is 1. The zero-order valence-corrected chi connectivity index (χ0v) is 13.5. The summed E-state index contributed by atoms with van der Waals surface area (Å²) in [6, 6.07) is 8.57. The highest BCUT2D eigenvalue weighted by Gasteiger charge is 2.26. The number of nitrogens with zero attached hydrogens (tertiary/aromatic N) is 1. The first-order chi connectivity index (χ1) is 12.0. The zero-order chi connectivity index (χ0) is 17.8. The molecule has 132 valence electrons. The van der Waals surface area contributed by atoms with Crippen molar-refractivity contribution in [2.45, 2.75) is 25.5 Å². The van der Waals surface area contributed by atoms with Crippen LogP contribution < -0.4 is 0 Å². The van der Waals surface area contributed by atoms with Crippen molar-refractivity contribution >= 4 is 11.9 Å². The van der Waals surface area contributed by atoms with Crippen LogP contribution in [0.2, 0.25) is 0 Å². The summed E-state index contributed by atoms with van der Waals surface area (Å²) >= 11 is 0. The third kappa shape index (κ3) is 4.24. The second-order valence-corrected chi connectivity index (χ2v) is 5.92. The average Bonchev–Trinajstić information content (AvgIpc) is 3.25. The molecule has 2 heterocycles. The summed E-state index contributed by atoms with van der Waals surface area (Å²) in [7, 11) is 0. The zero-order valence-electron chi connectivity index (χ0n) is 13.5. The van der Waals surface area contributed by atoms with Crippen LogP contribution in [0.25, 0.3) is 0 Å². The average molecular weight is 347 g/mol. The number of carboxylic acids is 1. The van der Waals surface area contributed by atoms with Crippen LogP contribution in [0, 0.1) is 5.82 Å². The molecule has 1 aliphatic heterocycles. The van der Waals surface area contributed by atoms with Gasteiger partial charge in [0.05, 0.1) is 6.10 Å². The van der Waals surface area contributed by atoms with Gasteiger partial charge in [-0.3, -0.25) is 4.79 Å². The Morgan fingerprint density at radius 2 is 2.04 bits per heavy atom. The van der Waals surface area contributed by atoms with Gasteiger partial charge in [-0.2, -0.15) is 0 Å². The van der Waals surface area contributed by atoms with Crippen LogP contribution in [0.4, 0.5) is 4.39 Å². The van der Waals surface area contributed by atoms with Crippen molar-refractivity contribution in [3.63, 3.8) is 0 Å². The van der Waals surface area contributed by atoms with E-state index < -0.39 is 11.9 Å². The molecule has 0 spiro atoms. The Hall–Kier alpha value is -2.67. The number of carboxylic acid groups (broad SMARTS) is 1. The molecule has 0 bridgehead atoms. The Balaban J connectivity index is 1.80. The first kappa shape index (κ1) is 17.2. The molecular formula is C18H18FNO5. The highest BCUT2D eigenvalue weighted by Crippen LogP contribution is 2.19. The molecule has 3 rings (SSSR count). The summed E-state index contributed by atoms with van der Waals surface area (Å²) in [5.74, 6) is -2.44. The molecular weight excluding hydrogens is 329 g/mol. The van der Waals surface area contributed by atoms with Gasteiger partial charge in [-0.1, -0.05) is 12.1 Å². The van der Waals surface area contributed by atoms with Crippen LogP contribution in [-0.2, 0) is 11.3 Å². The fourth-order valence-electron chi connectivity index (χ4n) is 2.83. The predicted octanol–water partition coefficient (Wildman–Crippen LogP) is 2.94. The number of hydrogen-bond donors (Lipinski definition) is 1. The van der Waals surface area contributed by atoms with Crippen LogP contribution in [0.15, 0.2) is 40.8 Å². The first-order valence-electron chi connectivity index (χ1n) is 8.01. The molecule has 7 heteroatoms. The van der Waals surface area contributed by atoms with E-state index >= 15 is 0 Å². The van der Waals surface area contributed by atoms with Gasteiger partial charge in [0.15, 0.2) is 5.76 Å². The number of carbonyl (C=O) groups is 2. The minimum absolute atomic E-state index is 0.0631. The Labute approximate surface area is 143 Å². The van der Waals surface area contributed by atoms with Gasteiger partial charge < -0.3 is 19.2 Å². The van der Waals surface area contributed by atoms with Crippen molar-refractivity contribution in [3.8, 4) is 0 Å². The monoisotopic (exact) mass is 347 g/mol. The minimum atomic E-state index is -1.24. The number of rotatable bonds is 6. The Kier molecular flexibility index (Phi) is 5.14. The van der Waals surface area contributed by atoms with Gasteiger partial charge in [-0.25, -0.2) is 9.18 Å². The van der Waals surface area contributed by atoms with Crippen molar-refractivity contribution < 1.29 is 28.2 Å². The molecule has 1 fully saturated rings. The van der Waals surface area contributed by atoms with E-state index in [-0.39, 0.29) is 30.0 Å². The SMILES string of the molecule is O=C(O)c1ccc(C(=O)N(Cc2cccc(F)c2)CC2CCCO2)o1. The standard InChI is InChI=1S/C18H18FNO5/c19-13-4-1-3-12(9-13)10-20(11-14-5-2-8-24-14)17(21)15-6-7-16(25-15)18(22)23/h1,3-4,6-7,9,14H,2,5,8,10-11H2,(H,22,23). The maximum atomic E-state index is 13.4. The highest BCUT2D eigenvalue weighted by atomic mass is 19.1. The Bertz CT molecular complexity index is 766. The number of ether oxygens (including phenoxy) is 1. The fraction of sp³-hybridized carbons (Fsp3) is 0.333. The number of hydrogen-bond acceptors (Lipinski definition) is 4. The third-order valence-corrected chi connectivity index (χ3v) is 4.03. The lowest BCUT2D eigenvalue weighted by Gasteiger charge is -2.24. The molecule has 2 aromatic rings. The lowest BCUT2D eigenvalue weighted by molar-refractivity contribution is 0.0479. The fourth-order valence-corrected chi connectivity index (χ4v) is 2.83. The number of furan rings is 1. The second kappa shape index (κ2) is 7.48. The molecule has 6 nitrogen and oxygen atoms in total. The number of amides is 1. The second-order valence-electron chi connectivity index (χ2n) is 5.92. The van der Waals surface area contributed by atoms with Gasteiger partial charge in [-0.05, 0) is 42.7 Å². The third-order valence-electron chi connectivity index (χ3n) is 4.03. The van der Waals surface area contributed by atoms with E-state index in [0.717, 1.165) is 12.8 Å². The number of carbonyl (C=O) groups excluding carboxylic acids is 1. The topological polar surface area (TPSA) is 80.0 Å². The van der Waals surface area contributed by atoms with E-state index in [1.54, 1.807) is 12.1 Å². The van der Waals surface area contributed by atoms with Crippen molar-refractivity contribution in [3.05, 3.63) is 59.3 Å². The van der Waals surface area contributed by atoms with E-state index in [9.17, 15) is 14.0 Å². The van der Waals surface area contributed by atoms with E-state index in [1.165, 1.54) is 29.2 Å². The van der Waals surface area contributed by atoms with Crippen LogP contribution in [0.3, 0.4) is 0 Å². The summed E-state index contributed by atoms with van der Waals surface area (Å²) < 4.78 is 24.1. The van der Waals surface area contributed by atoms with E-state index in [2.05, 4.69) is 0 Å². The van der Waals surface area contributed by atoms with E-state index in [0.29, 0.717) is 18.7 Å². The maximum Gasteiger partial charge on any atom is 0.371 e. The molecule has 25 heavy (non-hydrogen) atoms. The predicted molar refractivity (Wildman–Crippen MR) is 85.8 cm³/mol. The molecule has 1 aromatic carbocycles. The van der Waals surface area contributed by atoms with Crippen LogP contribution in [0.1, 0.15) is 39.5 Å². The molecule has 1 amide bonds. The van der Waals surface area contributed by atoms with E-state index in [4.69, 9.17) is 14.3 Å². The maximum absolute atomic E-state index is 13.4. The van der Waals surface area contributed by atoms with Gasteiger partial charge in [0.25, 0.3) is 5.91 Å². The molecule has 1 unspecified atom stereocenters. The number of aromatic carboxylic acids is 1. The molecule has 1 N–H and O–H groups in total. The van der Waals surface area contributed by atoms with Crippen LogP contribution in [0.5, 0.6) is 0 Å². The Morgan fingerprint density at radius 3 is 2.68 bits per heavy atom. The smallest absolute Gasteiger partial charge is 0.371 e. The molecule has 1 atom stereocenters. The van der Waals surface area contributed by atoms with Gasteiger partial charge in [0.2, 0.25) is 5.76 Å². The van der Waals surface area contributed by atoms with Crippen molar-refractivity contribution in [1.29, 1.82) is 0 Å². The van der Waals surface area contributed by atoms with Gasteiger partial charge in [0, 0.05) is 19.7 Å². The lowest BCUT2D eigenvalue weighted by atomic mass is 10.1.